The Morgan fingerprint density at radius 2 is 1.04 bits per heavy atom. The van der Waals surface area contributed by atoms with Gasteiger partial charge in [0.25, 0.3) is 0 Å². The summed E-state index contributed by atoms with van der Waals surface area (Å²) in [6, 6.07) is -0.117. The first kappa shape index (κ1) is 27.2. The summed E-state index contributed by atoms with van der Waals surface area (Å²) in [5.74, 6) is 0. The van der Waals surface area contributed by atoms with Gasteiger partial charge in [-0.25, -0.2) is 4.79 Å². The van der Waals surface area contributed by atoms with E-state index in [1.54, 1.807) is 6.92 Å². The first-order valence-electron chi connectivity index (χ1n) is 12.1. The van der Waals surface area contributed by atoms with E-state index >= 15 is 0 Å². The van der Waals surface area contributed by atoms with Crippen LogP contribution in [0.1, 0.15) is 117 Å². The number of aliphatic hydroxyl groups is 1. The molecule has 1 unspecified atom stereocenters. The Kier molecular flexibility index (Phi) is 21.8. The lowest BCUT2D eigenvalue weighted by atomic mass is 10.0. The zero-order valence-corrected chi connectivity index (χ0v) is 18.9. The summed E-state index contributed by atoms with van der Waals surface area (Å²) < 4.78 is 0. The molecule has 5 nitrogen and oxygen atoms in total. The highest BCUT2D eigenvalue weighted by atomic mass is 16.3. The van der Waals surface area contributed by atoms with Crippen LogP contribution in [0.5, 0.6) is 0 Å². The second-order valence-corrected chi connectivity index (χ2v) is 8.12. The first-order chi connectivity index (χ1) is 13.7. The number of carbonyl (C=O) groups excluding carboxylic acids is 1. The fraction of sp³-hybridized carbons (Fsp3) is 0.957. The van der Waals surface area contributed by atoms with Gasteiger partial charge in [0.05, 0.1) is 0 Å². The van der Waals surface area contributed by atoms with Crippen molar-refractivity contribution in [3.63, 3.8) is 0 Å². The van der Waals surface area contributed by atoms with E-state index in [1.165, 1.54) is 96.3 Å². The van der Waals surface area contributed by atoms with Gasteiger partial charge in [-0.2, -0.15) is 0 Å². The van der Waals surface area contributed by atoms with Gasteiger partial charge in [-0.1, -0.05) is 103 Å². The zero-order valence-electron chi connectivity index (χ0n) is 18.9. The third-order valence-electron chi connectivity index (χ3n) is 5.17. The van der Waals surface area contributed by atoms with Gasteiger partial charge in [-0.05, 0) is 13.3 Å². The topological polar surface area (TPSA) is 73.4 Å². The molecule has 5 heteroatoms. The number of nitrogens with one attached hydrogen (secondary N) is 3. The quantitative estimate of drug-likeness (QED) is 0.153. The van der Waals surface area contributed by atoms with Crippen molar-refractivity contribution < 1.29 is 9.90 Å². The fourth-order valence-corrected chi connectivity index (χ4v) is 3.39. The number of unbranched alkanes of at least 4 members (excludes halogenated alkanes) is 15. The molecule has 0 aromatic rings. The lowest BCUT2D eigenvalue weighted by Crippen LogP contribution is -2.41. The summed E-state index contributed by atoms with van der Waals surface area (Å²) in [4.78, 5) is 11.5. The molecule has 0 spiro atoms. The molecule has 0 rings (SSSR count). The van der Waals surface area contributed by atoms with Crippen LogP contribution in [0.2, 0.25) is 0 Å². The van der Waals surface area contributed by atoms with Crippen molar-refractivity contribution in [2.24, 2.45) is 0 Å². The predicted molar refractivity (Wildman–Crippen MR) is 121 cm³/mol. The summed E-state index contributed by atoms with van der Waals surface area (Å²) in [5, 5.41) is 17.5. The van der Waals surface area contributed by atoms with Crippen molar-refractivity contribution in [1.29, 1.82) is 0 Å². The molecule has 2 amide bonds. The fourth-order valence-electron chi connectivity index (χ4n) is 3.39. The zero-order chi connectivity index (χ0) is 20.7. The second kappa shape index (κ2) is 22.5. The molecule has 0 fully saturated rings. The maximum absolute atomic E-state index is 11.5. The van der Waals surface area contributed by atoms with E-state index in [0.717, 1.165) is 13.0 Å². The first-order valence-corrected chi connectivity index (χ1v) is 12.1. The Hall–Kier alpha value is -0.810. The third kappa shape index (κ3) is 23.2. The Morgan fingerprint density at radius 1 is 0.643 bits per heavy atom. The number of amides is 2. The Labute approximate surface area is 174 Å². The lowest BCUT2D eigenvalue weighted by molar-refractivity contribution is 0.157. The largest absolute Gasteiger partial charge is 0.379 e. The van der Waals surface area contributed by atoms with E-state index in [9.17, 15) is 4.79 Å². The van der Waals surface area contributed by atoms with Gasteiger partial charge in [0, 0.05) is 19.6 Å². The molecule has 0 saturated carbocycles. The maximum Gasteiger partial charge on any atom is 0.314 e. The van der Waals surface area contributed by atoms with Gasteiger partial charge < -0.3 is 15.7 Å². The average molecular weight is 400 g/mol. The highest BCUT2D eigenvalue weighted by molar-refractivity contribution is 5.73. The summed E-state index contributed by atoms with van der Waals surface area (Å²) in [7, 11) is 0. The molecule has 0 aliphatic carbocycles. The Bertz CT molecular complexity index is 325. The minimum atomic E-state index is -0.532. The highest BCUT2D eigenvalue weighted by Crippen LogP contribution is 2.13. The van der Waals surface area contributed by atoms with E-state index in [2.05, 4.69) is 22.9 Å². The van der Waals surface area contributed by atoms with Crippen molar-refractivity contribution >= 4 is 6.03 Å². The molecular formula is C23H49N3O2. The molecule has 0 aromatic carbocycles. The molecule has 0 aliphatic heterocycles. The number of urea groups is 1. The van der Waals surface area contributed by atoms with Crippen molar-refractivity contribution in [1.82, 2.24) is 16.0 Å². The van der Waals surface area contributed by atoms with Gasteiger partial charge in [0.1, 0.15) is 6.23 Å². The van der Waals surface area contributed by atoms with Crippen LogP contribution in [0.4, 0.5) is 4.79 Å². The average Bonchev–Trinajstić information content (AvgIpc) is 2.67. The van der Waals surface area contributed by atoms with Crippen molar-refractivity contribution in [3.05, 3.63) is 0 Å². The van der Waals surface area contributed by atoms with Crippen LogP contribution in [0.15, 0.2) is 0 Å². The van der Waals surface area contributed by atoms with E-state index in [-0.39, 0.29) is 6.03 Å². The summed E-state index contributed by atoms with van der Waals surface area (Å²) in [6.45, 7) is 5.78. The molecule has 1 atom stereocenters. The van der Waals surface area contributed by atoms with E-state index in [0.29, 0.717) is 13.1 Å². The number of hydrogen-bond donors (Lipinski definition) is 4. The van der Waals surface area contributed by atoms with Crippen molar-refractivity contribution in [3.8, 4) is 0 Å². The third-order valence-corrected chi connectivity index (χ3v) is 5.17. The molecule has 0 bridgehead atoms. The Balaban J connectivity index is 3.11. The van der Waals surface area contributed by atoms with Crippen LogP contribution in [-0.4, -0.2) is 37.0 Å². The predicted octanol–water partition coefficient (Wildman–Crippen LogP) is 5.48. The molecule has 0 aliphatic rings. The number of carbonyl (C=O) groups is 1. The molecule has 168 valence electrons. The molecule has 0 aromatic heterocycles. The second-order valence-electron chi connectivity index (χ2n) is 8.12. The van der Waals surface area contributed by atoms with Crippen LogP contribution in [0.3, 0.4) is 0 Å². The van der Waals surface area contributed by atoms with Crippen molar-refractivity contribution in [2.45, 2.75) is 123 Å². The monoisotopic (exact) mass is 399 g/mol. The minimum absolute atomic E-state index is 0.117. The van der Waals surface area contributed by atoms with Crippen LogP contribution in [-0.2, 0) is 0 Å². The van der Waals surface area contributed by atoms with E-state index in [1.807, 2.05) is 0 Å². The smallest absolute Gasteiger partial charge is 0.314 e. The summed E-state index contributed by atoms with van der Waals surface area (Å²) in [6.07, 6.45) is 21.3. The molecular weight excluding hydrogens is 350 g/mol. The van der Waals surface area contributed by atoms with Gasteiger partial charge in [-0.15, -0.1) is 0 Å². The Morgan fingerprint density at radius 3 is 1.46 bits per heavy atom. The molecule has 28 heavy (non-hydrogen) atoms. The van der Waals surface area contributed by atoms with Gasteiger partial charge >= 0.3 is 6.03 Å². The number of aliphatic hydroxyl groups excluding tert-OH is 1. The van der Waals surface area contributed by atoms with Gasteiger partial charge in [0.2, 0.25) is 0 Å². The molecule has 0 radical (unpaired) electrons. The van der Waals surface area contributed by atoms with Crippen LogP contribution in [0.25, 0.3) is 0 Å². The normalized spacial score (nSPS) is 12.1. The SMILES string of the molecule is CCCCCCCCCCCCCCCCCCNC(=O)NCCNC(C)O. The van der Waals surface area contributed by atoms with Gasteiger partial charge in [-0.3, -0.25) is 5.32 Å². The standard InChI is InChI=1S/C23H49N3O2/c1-3-4-5-6-7-8-9-10-11-12-13-14-15-16-17-18-19-25-23(28)26-21-20-24-22(2)27/h22,24,27H,3-21H2,1-2H3,(H2,25,26,28). The molecule has 0 saturated heterocycles. The summed E-state index contributed by atoms with van der Waals surface area (Å²) >= 11 is 0. The van der Waals surface area contributed by atoms with Crippen molar-refractivity contribution in [2.75, 3.05) is 19.6 Å². The number of rotatable bonds is 21. The van der Waals surface area contributed by atoms with Crippen LogP contribution >= 0.6 is 0 Å². The highest BCUT2D eigenvalue weighted by Gasteiger charge is 1.99. The molecule has 4 N–H and O–H groups in total. The van der Waals surface area contributed by atoms with E-state index in [4.69, 9.17) is 5.11 Å². The van der Waals surface area contributed by atoms with E-state index < -0.39 is 6.23 Å². The molecule has 0 heterocycles. The minimum Gasteiger partial charge on any atom is -0.379 e. The van der Waals surface area contributed by atoms with Crippen LogP contribution in [0, 0.1) is 0 Å². The lowest BCUT2D eigenvalue weighted by Gasteiger charge is -2.09. The number of hydrogen-bond acceptors (Lipinski definition) is 3. The maximum atomic E-state index is 11.5. The summed E-state index contributed by atoms with van der Waals surface area (Å²) in [5.41, 5.74) is 0. The van der Waals surface area contributed by atoms with Gasteiger partial charge in [0.15, 0.2) is 0 Å². The van der Waals surface area contributed by atoms with Crippen LogP contribution < -0.4 is 16.0 Å².